The summed E-state index contributed by atoms with van der Waals surface area (Å²) < 4.78 is 64.8. The first-order chi connectivity index (χ1) is 11.6. The van der Waals surface area contributed by atoms with E-state index in [0.29, 0.717) is 15.4 Å². The van der Waals surface area contributed by atoms with Crippen LogP contribution in [0.1, 0.15) is 16.1 Å². The number of carboxylic acid groups (broad SMARTS) is 1. The second-order valence-electron chi connectivity index (χ2n) is 5.19. The number of carboxylic acids is 1. The predicted molar refractivity (Wildman–Crippen MR) is 82.9 cm³/mol. The molecule has 0 atom stereocenters. The first-order valence-electron chi connectivity index (χ1n) is 6.89. The number of hydrogen-bond donors (Lipinski definition) is 1. The van der Waals surface area contributed by atoms with E-state index in [4.69, 9.17) is 0 Å². The summed E-state index contributed by atoms with van der Waals surface area (Å²) in [6.07, 6.45) is -4.72. The van der Waals surface area contributed by atoms with Crippen molar-refractivity contribution in [2.45, 2.75) is 11.1 Å². The van der Waals surface area contributed by atoms with E-state index in [1.807, 2.05) is 0 Å². The molecule has 0 aliphatic heterocycles. The Morgan fingerprint density at radius 2 is 1.68 bits per heavy atom. The molecule has 1 N–H and O–H groups in total. The smallest absolute Gasteiger partial charge is 0.416 e. The summed E-state index contributed by atoms with van der Waals surface area (Å²) in [5, 5.41) is 9.64. The Morgan fingerprint density at radius 3 is 2.32 bits per heavy atom. The molecule has 0 saturated carbocycles. The van der Waals surface area contributed by atoms with Gasteiger partial charge in [-0.3, -0.25) is 0 Å². The highest BCUT2D eigenvalue weighted by Gasteiger charge is 2.33. The van der Waals surface area contributed by atoms with Crippen molar-refractivity contribution >= 4 is 26.9 Å². The molecule has 0 radical (unpaired) electrons. The van der Waals surface area contributed by atoms with Gasteiger partial charge in [0.15, 0.2) is 0 Å². The van der Waals surface area contributed by atoms with E-state index in [1.54, 1.807) is 6.07 Å². The van der Waals surface area contributed by atoms with Gasteiger partial charge in [-0.25, -0.2) is 17.2 Å². The van der Waals surface area contributed by atoms with Crippen molar-refractivity contribution in [1.82, 2.24) is 3.97 Å². The predicted octanol–water partition coefficient (Wildman–Crippen LogP) is 3.60. The highest BCUT2D eigenvalue weighted by atomic mass is 32.2. The molecule has 0 fully saturated rings. The molecular weight excluding hydrogens is 359 g/mol. The number of nitrogens with zero attached hydrogens (tertiary/aromatic N) is 1. The Labute approximate surface area is 140 Å². The lowest BCUT2D eigenvalue weighted by atomic mass is 10.2. The molecule has 0 saturated heterocycles. The molecule has 2 aromatic carbocycles. The number of halogens is 3. The van der Waals surface area contributed by atoms with Crippen LogP contribution < -0.4 is 0 Å². The third-order valence-corrected chi connectivity index (χ3v) is 5.31. The minimum Gasteiger partial charge on any atom is -0.477 e. The first kappa shape index (κ1) is 17.0. The molecule has 1 aromatic heterocycles. The quantitative estimate of drug-likeness (QED) is 0.765. The van der Waals surface area contributed by atoms with Crippen molar-refractivity contribution in [2.24, 2.45) is 0 Å². The van der Waals surface area contributed by atoms with Gasteiger partial charge in [-0.15, -0.1) is 0 Å². The minimum atomic E-state index is -4.72. The van der Waals surface area contributed by atoms with Crippen LogP contribution in [-0.2, 0) is 16.2 Å². The van der Waals surface area contributed by atoms with Gasteiger partial charge in [-0.1, -0.05) is 24.3 Å². The molecule has 25 heavy (non-hydrogen) atoms. The second-order valence-corrected chi connectivity index (χ2v) is 6.98. The van der Waals surface area contributed by atoms with Crippen molar-refractivity contribution in [1.29, 1.82) is 0 Å². The van der Waals surface area contributed by atoms with Crippen molar-refractivity contribution in [3.63, 3.8) is 0 Å². The molecule has 9 heteroatoms. The number of carbonyl (C=O) groups is 1. The van der Waals surface area contributed by atoms with E-state index in [0.717, 1.165) is 24.3 Å². The average molecular weight is 369 g/mol. The maximum atomic E-state index is 12.9. The topological polar surface area (TPSA) is 76.4 Å². The number of alkyl halides is 3. The summed E-state index contributed by atoms with van der Waals surface area (Å²) in [5.74, 6) is -1.51. The highest BCUT2D eigenvalue weighted by Crippen LogP contribution is 2.32. The number of hydrogen-bond acceptors (Lipinski definition) is 3. The second kappa shape index (κ2) is 5.62. The molecular formula is C16H10F3NO4S. The fourth-order valence-electron chi connectivity index (χ4n) is 2.48. The molecule has 3 rings (SSSR count). The third kappa shape index (κ3) is 2.86. The van der Waals surface area contributed by atoms with Crippen LogP contribution >= 0.6 is 0 Å². The average Bonchev–Trinajstić information content (AvgIpc) is 2.94. The third-order valence-electron chi connectivity index (χ3n) is 3.59. The summed E-state index contributed by atoms with van der Waals surface area (Å²) in [4.78, 5) is 10.8. The fourth-order valence-corrected chi connectivity index (χ4v) is 4.03. The van der Waals surface area contributed by atoms with E-state index >= 15 is 0 Å². The van der Waals surface area contributed by atoms with Gasteiger partial charge in [0.1, 0.15) is 5.69 Å². The number of aromatic nitrogens is 1. The van der Waals surface area contributed by atoms with Crippen LogP contribution in [-0.4, -0.2) is 23.5 Å². The van der Waals surface area contributed by atoms with Crippen LogP contribution in [0.3, 0.4) is 0 Å². The van der Waals surface area contributed by atoms with E-state index < -0.39 is 38.3 Å². The molecule has 0 aliphatic carbocycles. The Kier molecular flexibility index (Phi) is 3.83. The number of para-hydroxylation sites is 1. The van der Waals surface area contributed by atoms with Crippen LogP contribution in [0.25, 0.3) is 10.9 Å². The monoisotopic (exact) mass is 369 g/mol. The summed E-state index contributed by atoms with van der Waals surface area (Å²) in [6, 6.07) is 10.3. The molecule has 130 valence electrons. The normalized spacial score (nSPS) is 12.4. The molecule has 1 heterocycles. The standard InChI is InChI=1S/C16H10F3NO4S/c17-16(18,19)11-5-3-6-12(9-11)25(23,24)20-13-7-2-1-4-10(13)8-14(20)15(21)22/h1-9H,(H,21,22). The van der Waals surface area contributed by atoms with Crippen molar-refractivity contribution in [3.8, 4) is 0 Å². The van der Waals surface area contributed by atoms with Crippen molar-refractivity contribution in [2.75, 3.05) is 0 Å². The van der Waals surface area contributed by atoms with Gasteiger partial charge in [-0.2, -0.15) is 13.2 Å². The summed E-state index contributed by atoms with van der Waals surface area (Å²) in [7, 11) is -4.54. The van der Waals surface area contributed by atoms with Gasteiger partial charge in [0.2, 0.25) is 0 Å². The zero-order valence-corrected chi connectivity index (χ0v) is 13.2. The SMILES string of the molecule is O=C(O)c1cc2ccccc2n1S(=O)(=O)c1cccc(C(F)(F)F)c1. The lowest BCUT2D eigenvalue weighted by molar-refractivity contribution is -0.137. The number of benzene rings is 2. The number of fused-ring (bicyclic) bond motifs is 1. The van der Waals surface area contributed by atoms with Gasteiger partial charge < -0.3 is 5.11 Å². The Morgan fingerprint density at radius 1 is 1.00 bits per heavy atom. The molecule has 0 bridgehead atoms. The van der Waals surface area contributed by atoms with Gasteiger partial charge in [0, 0.05) is 5.39 Å². The van der Waals surface area contributed by atoms with Crippen LogP contribution in [0.4, 0.5) is 13.2 Å². The van der Waals surface area contributed by atoms with Crippen LogP contribution in [0.2, 0.25) is 0 Å². The summed E-state index contributed by atoms with van der Waals surface area (Å²) in [6.45, 7) is 0. The molecule has 0 aliphatic rings. The van der Waals surface area contributed by atoms with Gasteiger partial charge in [-0.05, 0) is 30.3 Å². The Balaban J connectivity index is 2.31. The molecule has 0 spiro atoms. The van der Waals surface area contributed by atoms with E-state index in [1.165, 1.54) is 18.2 Å². The summed E-state index contributed by atoms with van der Waals surface area (Å²) in [5.41, 5.74) is -1.63. The van der Waals surface area contributed by atoms with Crippen LogP contribution in [0.5, 0.6) is 0 Å². The maximum Gasteiger partial charge on any atom is 0.416 e. The molecule has 3 aromatic rings. The summed E-state index contributed by atoms with van der Waals surface area (Å²) >= 11 is 0. The van der Waals surface area contributed by atoms with Crippen molar-refractivity contribution < 1.29 is 31.5 Å². The lowest BCUT2D eigenvalue weighted by Crippen LogP contribution is -2.19. The number of aromatic carboxylic acids is 1. The molecule has 0 amide bonds. The van der Waals surface area contributed by atoms with Crippen LogP contribution in [0.15, 0.2) is 59.5 Å². The minimum absolute atomic E-state index is 0.0670. The molecule has 5 nitrogen and oxygen atoms in total. The van der Waals surface area contributed by atoms with Gasteiger partial charge in [0.25, 0.3) is 10.0 Å². The maximum absolute atomic E-state index is 12.9. The van der Waals surface area contributed by atoms with E-state index in [-0.39, 0.29) is 5.52 Å². The van der Waals surface area contributed by atoms with Gasteiger partial charge in [0.05, 0.1) is 16.0 Å². The highest BCUT2D eigenvalue weighted by molar-refractivity contribution is 7.90. The number of rotatable bonds is 3. The van der Waals surface area contributed by atoms with Crippen molar-refractivity contribution in [3.05, 3.63) is 65.9 Å². The lowest BCUT2D eigenvalue weighted by Gasteiger charge is -2.12. The zero-order chi connectivity index (χ0) is 18.4. The largest absolute Gasteiger partial charge is 0.477 e. The first-order valence-corrected chi connectivity index (χ1v) is 8.33. The van der Waals surface area contributed by atoms with Crippen LogP contribution in [0, 0.1) is 0 Å². The fraction of sp³-hybridized carbons (Fsp3) is 0.0625. The van der Waals surface area contributed by atoms with E-state index in [2.05, 4.69) is 0 Å². The van der Waals surface area contributed by atoms with E-state index in [9.17, 15) is 31.5 Å². The molecule has 0 unspecified atom stereocenters. The Hall–Kier alpha value is -2.81. The van der Waals surface area contributed by atoms with Gasteiger partial charge >= 0.3 is 12.1 Å². The zero-order valence-electron chi connectivity index (χ0n) is 12.4. The Bertz CT molecular complexity index is 1080.